The Kier molecular flexibility index (Phi) is 3.31. The lowest BCUT2D eigenvalue weighted by molar-refractivity contribution is 0.171. The van der Waals surface area contributed by atoms with Crippen LogP contribution >= 0.6 is 11.8 Å². The van der Waals surface area contributed by atoms with E-state index >= 15 is 0 Å². The first-order valence-corrected chi connectivity index (χ1v) is 7.05. The van der Waals surface area contributed by atoms with Gasteiger partial charge in [0.15, 0.2) is 11.5 Å². The Labute approximate surface area is 114 Å². The molecule has 1 aromatic carbocycles. The molecule has 0 fully saturated rings. The second-order valence-corrected chi connectivity index (χ2v) is 4.76. The lowest BCUT2D eigenvalue weighted by Gasteiger charge is -2.19. The minimum absolute atomic E-state index is 0.228. The van der Waals surface area contributed by atoms with E-state index in [1.165, 1.54) is 0 Å². The molecular weight excluding hydrogens is 266 g/mol. The van der Waals surface area contributed by atoms with Gasteiger partial charge in [-0.2, -0.15) is 4.98 Å². The van der Waals surface area contributed by atoms with Crippen LogP contribution in [0.5, 0.6) is 11.5 Å². The normalized spacial score (nSPS) is 13.6. The van der Waals surface area contributed by atoms with Crippen molar-refractivity contribution in [1.82, 2.24) is 10.1 Å². The number of fused-ring (bicyclic) bond motifs is 1. The van der Waals surface area contributed by atoms with Gasteiger partial charge in [0, 0.05) is 10.5 Å². The van der Waals surface area contributed by atoms with Crippen LogP contribution < -0.4 is 15.2 Å². The molecule has 6 nitrogen and oxygen atoms in total. The van der Waals surface area contributed by atoms with Crippen LogP contribution in [0.3, 0.4) is 0 Å². The quantitative estimate of drug-likeness (QED) is 0.856. The van der Waals surface area contributed by atoms with E-state index in [0.29, 0.717) is 30.7 Å². The molecule has 1 aliphatic rings. The van der Waals surface area contributed by atoms with E-state index in [1.807, 2.05) is 18.4 Å². The van der Waals surface area contributed by atoms with Crippen molar-refractivity contribution in [1.29, 1.82) is 0 Å². The van der Waals surface area contributed by atoms with Crippen LogP contribution in [0.25, 0.3) is 11.4 Å². The van der Waals surface area contributed by atoms with E-state index in [-0.39, 0.29) is 6.54 Å². The maximum atomic E-state index is 5.57. The van der Waals surface area contributed by atoms with Gasteiger partial charge in [0.05, 0.1) is 6.54 Å². The molecule has 0 radical (unpaired) electrons. The fourth-order valence-electron chi connectivity index (χ4n) is 1.86. The average molecular weight is 279 g/mol. The van der Waals surface area contributed by atoms with Crippen molar-refractivity contribution in [2.75, 3.05) is 19.5 Å². The fraction of sp³-hybridized carbons (Fsp3) is 0.333. The number of nitrogens with zero attached hydrogens (tertiary/aromatic N) is 2. The standard InChI is InChI=1S/C12H13N3O3S/c1-19-10-5-9-8(16-2-3-17-9)4-7(10)12-14-11(6-13)18-15-12/h4-5H,2-3,6,13H2,1H3. The molecule has 1 aliphatic heterocycles. The molecule has 0 unspecified atom stereocenters. The Morgan fingerprint density at radius 2 is 2.00 bits per heavy atom. The molecule has 0 spiro atoms. The maximum absolute atomic E-state index is 5.57. The van der Waals surface area contributed by atoms with Gasteiger partial charge in [-0.15, -0.1) is 11.8 Å². The van der Waals surface area contributed by atoms with E-state index in [4.69, 9.17) is 19.7 Å². The molecule has 100 valence electrons. The lowest BCUT2D eigenvalue weighted by atomic mass is 10.2. The number of aromatic nitrogens is 2. The zero-order chi connectivity index (χ0) is 13.2. The number of nitrogens with two attached hydrogens (primary N) is 1. The van der Waals surface area contributed by atoms with Crippen LogP contribution in [0.15, 0.2) is 21.6 Å². The first-order valence-electron chi connectivity index (χ1n) is 5.82. The lowest BCUT2D eigenvalue weighted by Crippen LogP contribution is -2.15. The highest BCUT2D eigenvalue weighted by molar-refractivity contribution is 7.98. The molecule has 0 aliphatic carbocycles. The molecule has 19 heavy (non-hydrogen) atoms. The molecule has 0 saturated heterocycles. The van der Waals surface area contributed by atoms with Gasteiger partial charge in [-0.05, 0) is 18.4 Å². The summed E-state index contributed by atoms with van der Waals surface area (Å²) in [5, 5.41) is 3.94. The molecule has 0 amide bonds. The van der Waals surface area contributed by atoms with Crippen molar-refractivity contribution >= 4 is 11.8 Å². The summed E-state index contributed by atoms with van der Waals surface area (Å²) < 4.78 is 16.2. The van der Waals surface area contributed by atoms with Crippen molar-refractivity contribution in [2.45, 2.75) is 11.4 Å². The van der Waals surface area contributed by atoms with Gasteiger partial charge in [0.25, 0.3) is 0 Å². The summed E-state index contributed by atoms with van der Waals surface area (Å²) in [7, 11) is 0. The summed E-state index contributed by atoms with van der Waals surface area (Å²) in [6.45, 7) is 1.34. The molecule has 1 aromatic heterocycles. The predicted octanol–water partition coefficient (Wildman–Crippen LogP) is 1.69. The summed E-state index contributed by atoms with van der Waals surface area (Å²) in [5.41, 5.74) is 6.34. The van der Waals surface area contributed by atoms with Gasteiger partial charge in [-0.25, -0.2) is 0 Å². The van der Waals surface area contributed by atoms with Crippen LogP contribution in [0.2, 0.25) is 0 Å². The summed E-state index contributed by atoms with van der Waals surface area (Å²) in [4.78, 5) is 5.25. The maximum Gasteiger partial charge on any atom is 0.240 e. The predicted molar refractivity (Wildman–Crippen MR) is 70.4 cm³/mol. The molecule has 2 heterocycles. The summed E-state index contributed by atoms with van der Waals surface area (Å²) in [6.07, 6.45) is 1.98. The molecule has 3 rings (SSSR count). The largest absolute Gasteiger partial charge is 0.486 e. The van der Waals surface area contributed by atoms with Crippen LogP contribution in [0.4, 0.5) is 0 Å². The van der Waals surface area contributed by atoms with Crippen molar-refractivity contribution < 1.29 is 14.0 Å². The number of hydrogen-bond donors (Lipinski definition) is 1. The van der Waals surface area contributed by atoms with Crippen molar-refractivity contribution in [2.24, 2.45) is 5.73 Å². The minimum atomic E-state index is 0.228. The molecular formula is C12H13N3O3S. The first kappa shape index (κ1) is 12.3. The Balaban J connectivity index is 2.08. The second kappa shape index (κ2) is 5.10. The second-order valence-electron chi connectivity index (χ2n) is 3.91. The molecule has 0 atom stereocenters. The average Bonchev–Trinajstić information content (AvgIpc) is 2.94. The van der Waals surface area contributed by atoms with Gasteiger partial charge >= 0.3 is 0 Å². The summed E-state index contributed by atoms with van der Waals surface area (Å²) in [5.74, 6) is 2.39. The Hall–Kier alpha value is -1.73. The first-order chi connectivity index (χ1) is 9.31. The molecule has 2 N–H and O–H groups in total. The number of benzene rings is 1. The van der Waals surface area contributed by atoms with E-state index in [1.54, 1.807) is 11.8 Å². The van der Waals surface area contributed by atoms with Gasteiger partial charge in [-0.1, -0.05) is 5.16 Å². The van der Waals surface area contributed by atoms with E-state index in [0.717, 1.165) is 16.2 Å². The van der Waals surface area contributed by atoms with Gasteiger partial charge in [0.2, 0.25) is 11.7 Å². The van der Waals surface area contributed by atoms with Gasteiger partial charge in [-0.3, -0.25) is 0 Å². The SMILES string of the molecule is CSc1cc2c(cc1-c1noc(CN)n1)OCCO2. The third-order valence-electron chi connectivity index (χ3n) is 2.75. The number of ether oxygens (including phenoxy) is 2. The number of hydrogen-bond acceptors (Lipinski definition) is 7. The third kappa shape index (κ3) is 2.26. The number of rotatable bonds is 3. The van der Waals surface area contributed by atoms with Gasteiger partial charge in [0.1, 0.15) is 13.2 Å². The van der Waals surface area contributed by atoms with E-state index < -0.39 is 0 Å². The summed E-state index contributed by atoms with van der Waals surface area (Å²) in [6, 6.07) is 3.82. The molecule has 7 heteroatoms. The minimum Gasteiger partial charge on any atom is -0.486 e. The van der Waals surface area contributed by atoms with Crippen LogP contribution in [-0.4, -0.2) is 29.6 Å². The topological polar surface area (TPSA) is 83.4 Å². The fourth-order valence-corrected chi connectivity index (χ4v) is 2.46. The Morgan fingerprint density at radius 1 is 1.26 bits per heavy atom. The van der Waals surface area contributed by atoms with Crippen LogP contribution in [0.1, 0.15) is 5.89 Å². The van der Waals surface area contributed by atoms with Crippen molar-refractivity contribution in [3.05, 3.63) is 18.0 Å². The Bertz CT molecular complexity index is 600. The highest BCUT2D eigenvalue weighted by Crippen LogP contribution is 2.40. The van der Waals surface area contributed by atoms with Crippen LogP contribution in [-0.2, 0) is 6.54 Å². The van der Waals surface area contributed by atoms with Crippen LogP contribution in [0, 0.1) is 0 Å². The number of thioether (sulfide) groups is 1. The smallest absolute Gasteiger partial charge is 0.240 e. The van der Waals surface area contributed by atoms with Gasteiger partial charge < -0.3 is 19.7 Å². The zero-order valence-electron chi connectivity index (χ0n) is 10.4. The molecule has 0 bridgehead atoms. The zero-order valence-corrected chi connectivity index (χ0v) is 11.2. The molecule has 0 saturated carbocycles. The van der Waals surface area contributed by atoms with Crippen molar-refractivity contribution in [3.8, 4) is 22.9 Å². The summed E-state index contributed by atoms with van der Waals surface area (Å²) >= 11 is 1.59. The highest BCUT2D eigenvalue weighted by atomic mass is 32.2. The molecule has 2 aromatic rings. The third-order valence-corrected chi connectivity index (χ3v) is 3.53. The van der Waals surface area contributed by atoms with E-state index in [2.05, 4.69) is 10.1 Å². The highest BCUT2D eigenvalue weighted by Gasteiger charge is 2.19. The van der Waals surface area contributed by atoms with Crippen molar-refractivity contribution in [3.63, 3.8) is 0 Å². The monoisotopic (exact) mass is 279 g/mol. The van der Waals surface area contributed by atoms with E-state index in [9.17, 15) is 0 Å². The Morgan fingerprint density at radius 3 is 2.63 bits per heavy atom.